The summed E-state index contributed by atoms with van der Waals surface area (Å²) in [5, 5.41) is 3.86. The van der Waals surface area contributed by atoms with E-state index in [1.54, 1.807) is 0 Å². The molecule has 2 saturated carbocycles. The zero-order chi connectivity index (χ0) is 11.6. The summed E-state index contributed by atoms with van der Waals surface area (Å²) >= 11 is 0. The molecular weight excluding hydrogens is 196 g/mol. The van der Waals surface area contributed by atoms with Crippen LogP contribution in [0.5, 0.6) is 0 Å². The van der Waals surface area contributed by atoms with Crippen molar-refractivity contribution >= 4 is 0 Å². The van der Waals surface area contributed by atoms with Crippen LogP contribution in [0, 0.1) is 5.41 Å². The van der Waals surface area contributed by atoms with E-state index in [0.29, 0.717) is 17.5 Å². The van der Waals surface area contributed by atoms with E-state index in [0.717, 1.165) is 6.04 Å². The lowest BCUT2D eigenvalue weighted by Gasteiger charge is -2.39. The van der Waals surface area contributed by atoms with E-state index in [2.05, 4.69) is 19.2 Å². The van der Waals surface area contributed by atoms with Gasteiger partial charge >= 0.3 is 0 Å². The van der Waals surface area contributed by atoms with Gasteiger partial charge in [0.2, 0.25) is 0 Å². The quantitative estimate of drug-likeness (QED) is 0.757. The number of rotatable bonds is 2. The Bertz CT molecular complexity index is 225. The van der Waals surface area contributed by atoms with E-state index >= 15 is 0 Å². The molecule has 0 aromatic heterocycles. The van der Waals surface area contributed by atoms with E-state index in [4.69, 9.17) is 5.73 Å². The third-order valence-corrected chi connectivity index (χ3v) is 4.39. The number of hydrogen-bond acceptors (Lipinski definition) is 2. The van der Waals surface area contributed by atoms with Crippen molar-refractivity contribution in [2.45, 2.75) is 83.3 Å². The highest BCUT2D eigenvalue weighted by molar-refractivity contribution is 4.88. The zero-order valence-electron chi connectivity index (χ0n) is 11.0. The molecule has 0 amide bonds. The van der Waals surface area contributed by atoms with Crippen LogP contribution in [0.1, 0.15) is 65.2 Å². The molecule has 2 fully saturated rings. The van der Waals surface area contributed by atoms with Crippen LogP contribution in [0.2, 0.25) is 0 Å². The van der Waals surface area contributed by atoms with Crippen molar-refractivity contribution in [2.24, 2.45) is 11.1 Å². The molecule has 3 unspecified atom stereocenters. The Morgan fingerprint density at radius 2 is 1.81 bits per heavy atom. The van der Waals surface area contributed by atoms with E-state index in [1.807, 2.05) is 0 Å². The van der Waals surface area contributed by atoms with Crippen molar-refractivity contribution in [2.75, 3.05) is 0 Å². The van der Waals surface area contributed by atoms with E-state index in [-0.39, 0.29) is 0 Å². The van der Waals surface area contributed by atoms with Gasteiger partial charge in [0.1, 0.15) is 0 Å². The van der Waals surface area contributed by atoms with Crippen LogP contribution in [0.25, 0.3) is 0 Å². The first kappa shape index (κ1) is 12.4. The van der Waals surface area contributed by atoms with Gasteiger partial charge in [0.05, 0.1) is 0 Å². The van der Waals surface area contributed by atoms with Gasteiger partial charge in [-0.2, -0.15) is 0 Å². The second-order valence-electron chi connectivity index (χ2n) is 6.75. The highest BCUT2D eigenvalue weighted by atomic mass is 15.0. The molecule has 94 valence electrons. The van der Waals surface area contributed by atoms with Crippen molar-refractivity contribution in [1.29, 1.82) is 0 Å². The zero-order valence-corrected chi connectivity index (χ0v) is 11.0. The Kier molecular flexibility index (Phi) is 3.91. The lowest BCUT2D eigenvalue weighted by atomic mass is 9.74. The maximum absolute atomic E-state index is 6.04. The maximum atomic E-state index is 6.04. The summed E-state index contributed by atoms with van der Waals surface area (Å²) in [6.07, 6.45) is 10.6. The first-order valence-corrected chi connectivity index (χ1v) is 7.07. The molecule has 0 aromatic rings. The molecule has 0 aromatic carbocycles. The van der Waals surface area contributed by atoms with Gasteiger partial charge in [0.25, 0.3) is 0 Å². The fraction of sp³-hybridized carbons (Fsp3) is 1.00. The minimum atomic E-state index is 0.447. The molecule has 0 aliphatic heterocycles. The van der Waals surface area contributed by atoms with Crippen molar-refractivity contribution in [3.05, 3.63) is 0 Å². The van der Waals surface area contributed by atoms with Gasteiger partial charge in [-0.25, -0.2) is 0 Å². The normalized spacial score (nSPS) is 39.6. The molecule has 0 bridgehead atoms. The lowest BCUT2D eigenvalue weighted by molar-refractivity contribution is 0.178. The van der Waals surface area contributed by atoms with Crippen molar-refractivity contribution in [1.82, 2.24) is 5.32 Å². The Morgan fingerprint density at radius 3 is 2.50 bits per heavy atom. The number of hydrogen-bond donors (Lipinski definition) is 2. The molecule has 0 radical (unpaired) electrons. The van der Waals surface area contributed by atoms with Gasteiger partial charge in [-0.3, -0.25) is 0 Å². The van der Waals surface area contributed by atoms with Crippen LogP contribution >= 0.6 is 0 Å². The molecule has 3 N–H and O–H groups in total. The standard InChI is InChI=1S/C14H28N2/c1-14(2)8-4-7-13(10-14)16-12-6-3-5-11(15)9-12/h11-13,16H,3-10,15H2,1-2H3. The highest BCUT2D eigenvalue weighted by Crippen LogP contribution is 2.35. The van der Waals surface area contributed by atoms with E-state index < -0.39 is 0 Å². The Balaban J connectivity index is 1.80. The predicted octanol–water partition coefficient (Wildman–Crippen LogP) is 2.81. The molecule has 16 heavy (non-hydrogen) atoms. The third kappa shape index (κ3) is 3.46. The number of nitrogens with two attached hydrogens (primary N) is 1. The predicted molar refractivity (Wildman–Crippen MR) is 69.4 cm³/mol. The summed E-state index contributed by atoms with van der Waals surface area (Å²) in [6, 6.07) is 1.89. The van der Waals surface area contributed by atoms with Crippen molar-refractivity contribution in [3.8, 4) is 0 Å². The van der Waals surface area contributed by atoms with E-state index in [1.165, 1.54) is 51.4 Å². The maximum Gasteiger partial charge on any atom is 0.00843 e. The van der Waals surface area contributed by atoms with Gasteiger partial charge < -0.3 is 11.1 Å². The SMILES string of the molecule is CC1(C)CCCC(NC2CCCC(N)C2)C1. The summed E-state index contributed by atoms with van der Waals surface area (Å²) in [6.45, 7) is 4.82. The first-order chi connectivity index (χ1) is 7.55. The molecule has 3 atom stereocenters. The minimum absolute atomic E-state index is 0.447. The molecule has 0 saturated heterocycles. The van der Waals surface area contributed by atoms with Gasteiger partial charge in [-0.1, -0.05) is 26.7 Å². The third-order valence-electron chi connectivity index (χ3n) is 4.39. The average Bonchev–Trinajstić information content (AvgIpc) is 2.15. The molecular formula is C14H28N2. The molecule has 2 rings (SSSR count). The summed E-state index contributed by atoms with van der Waals surface area (Å²) < 4.78 is 0. The smallest absolute Gasteiger partial charge is 0.00843 e. The molecule has 2 aliphatic rings. The average molecular weight is 224 g/mol. The van der Waals surface area contributed by atoms with Crippen LogP contribution in [-0.4, -0.2) is 18.1 Å². The summed E-state index contributed by atoms with van der Waals surface area (Å²) in [7, 11) is 0. The highest BCUT2D eigenvalue weighted by Gasteiger charge is 2.30. The second kappa shape index (κ2) is 5.05. The Labute approximate surface area is 100 Å². The first-order valence-electron chi connectivity index (χ1n) is 7.07. The summed E-state index contributed by atoms with van der Waals surface area (Å²) in [5.41, 5.74) is 6.59. The Morgan fingerprint density at radius 1 is 1.06 bits per heavy atom. The van der Waals surface area contributed by atoms with Gasteiger partial charge in [0, 0.05) is 18.1 Å². The van der Waals surface area contributed by atoms with Gasteiger partial charge in [-0.05, 0) is 43.9 Å². The summed E-state index contributed by atoms with van der Waals surface area (Å²) in [4.78, 5) is 0. The largest absolute Gasteiger partial charge is 0.328 e. The van der Waals surface area contributed by atoms with Crippen LogP contribution in [0.3, 0.4) is 0 Å². The van der Waals surface area contributed by atoms with Crippen LogP contribution in [0.4, 0.5) is 0 Å². The second-order valence-corrected chi connectivity index (χ2v) is 6.75. The van der Waals surface area contributed by atoms with E-state index in [9.17, 15) is 0 Å². The van der Waals surface area contributed by atoms with Crippen LogP contribution in [-0.2, 0) is 0 Å². The monoisotopic (exact) mass is 224 g/mol. The van der Waals surface area contributed by atoms with Crippen LogP contribution in [0.15, 0.2) is 0 Å². The fourth-order valence-corrected chi connectivity index (χ4v) is 3.55. The topological polar surface area (TPSA) is 38.0 Å². The minimum Gasteiger partial charge on any atom is -0.328 e. The fourth-order valence-electron chi connectivity index (χ4n) is 3.55. The van der Waals surface area contributed by atoms with Gasteiger partial charge in [0.15, 0.2) is 0 Å². The lowest BCUT2D eigenvalue weighted by Crippen LogP contribution is -2.46. The summed E-state index contributed by atoms with van der Waals surface area (Å²) in [5.74, 6) is 0. The number of nitrogens with one attached hydrogen (secondary N) is 1. The molecule has 2 nitrogen and oxygen atoms in total. The molecule has 2 aliphatic carbocycles. The molecule has 0 spiro atoms. The van der Waals surface area contributed by atoms with Crippen LogP contribution < -0.4 is 11.1 Å². The van der Waals surface area contributed by atoms with Crippen molar-refractivity contribution < 1.29 is 0 Å². The van der Waals surface area contributed by atoms with Crippen molar-refractivity contribution in [3.63, 3.8) is 0 Å². The van der Waals surface area contributed by atoms with Gasteiger partial charge in [-0.15, -0.1) is 0 Å². The Hall–Kier alpha value is -0.0800. The molecule has 0 heterocycles. The molecule has 2 heteroatoms.